The van der Waals surface area contributed by atoms with Gasteiger partial charge in [0.2, 0.25) is 6.41 Å². The zero-order chi connectivity index (χ0) is 18.9. The molecule has 0 bridgehead atoms. The average molecular weight is 386 g/mol. The molecule has 142 valence electrons. The smallest absolute Gasteiger partial charge is 0.207 e. The first-order chi connectivity index (χ1) is 13.3. The highest BCUT2D eigenvalue weighted by atomic mass is 35.5. The number of benzene rings is 2. The monoisotopic (exact) mass is 385 g/mol. The van der Waals surface area contributed by atoms with Crippen LogP contribution in [0.5, 0.6) is 5.75 Å². The maximum absolute atomic E-state index is 10.4. The number of amides is 1. The van der Waals surface area contributed by atoms with E-state index in [-0.39, 0.29) is 0 Å². The van der Waals surface area contributed by atoms with Gasteiger partial charge in [0.1, 0.15) is 11.6 Å². The molecule has 6 heteroatoms. The Morgan fingerprint density at radius 1 is 1.07 bits per heavy atom. The van der Waals surface area contributed by atoms with E-state index < -0.39 is 0 Å². The maximum Gasteiger partial charge on any atom is 0.207 e. The van der Waals surface area contributed by atoms with Crippen LogP contribution in [0.15, 0.2) is 48.5 Å². The first-order valence-corrected chi connectivity index (χ1v) is 9.66. The summed E-state index contributed by atoms with van der Waals surface area (Å²) in [5.41, 5.74) is 2.17. The molecule has 1 heterocycles. The van der Waals surface area contributed by atoms with Gasteiger partial charge in [-0.25, -0.2) is 4.98 Å². The average Bonchev–Trinajstić information content (AvgIpc) is 3.04. The van der Waals surface area contributed by atoms with Crippen LogP contribution in [0.1, 0.15) is 25.1 Å². The van der Waals surface area contributed by atoms with Gasteiger partial charge in [-0.2, -0.15) is 0 Å². The standard InChI is InChI=1S/C21H24ClN3O2/c22-17-8-1-4-11-20(17)27-15-6-5-14-25-19-10-3-2-9-18(19)24-21(25)12-7-13-23-16-26/h1-4,8-11,16H,5-7,12-15H2,(H,23,26). The highest BCUT2D eigenvalue weighted by Crippen LogP contribution is 2.23. The minimum atomic E-state index is 0.634. The van der Waals surface area contributed by atoms with Crippen molar-refractivity contribution in [1.82, 2.24) is 14.9 Å². The van der Waals surface area contributed by atoms with Crippen molar-refractivity contribution in [2.24, 2.45) is 0 Å². The number of ether oxygens (including phenoxy) is 1. The minimum Gasteiger partial charge on any atom is -0.492 e. The lowest BCUT2D eigenvalue weighted by atomic mass is 10.2. The Hall–Kier alpha value is -2.53. The second-order valence-electron chi connectivity index (χ2n) is 6.33. The zero-order valence-electron chi connectivity index (χ0n) is 15.2. The third-order valence-corrected chi connectivity index (χ3v) is 4.72. The third kappa shape index (κ3) is 5.23. The number of aryl methyl sites for hydroxylation is 2. The molecule has 3 rings (SSSR count). The SMILES string of the molecule is O=CNCCCc1nc2ccccc2n1CCCCOc1ccccc1Cl. The van der Waals surface area contributed by atoms with E-state index >= 15 is 0 Å². The molecule has 0 spiro atoms. The molecule has 0 unspecified atom stereocenters. The van der Waals surface area contributed by atoms with E-state index in [1.807, 2.05) is 42.5 Å². The predicted octanol–water partition coefficient (Wildman–Crippen LogP) is 4.23. The number of carbonyl (C=O) groups is 1. The quantitative estimate of drug-likeness (QED) is 0.397. The molecule has 27 heavy (non-hydrogen) atoms. The summed E-state index contributed by atoms with van der Waals surface area (Å²) in [7, 11) is 0. The fraction of sp³-hybridized carbons (Fsp3) is 0.333. The molecule has 0 aliphatic carbocycles. The number of hydrogen-bond acceptors (Lipinski definition) is 3. The highest BCUT2D eigenvalue weighted by molar-refractivity contribution is 6.32. The van der Waals surface area contributed by atoms with Gasteiger partial charge in [-0.1, -0.05) is 35.9 Å². The Kier molecular flexibility index (Phi) is 7.11. The van der Waals surface area contributed by atoms with Crippen LogP contribution < -0.4 is 10.1 Å². The van der Waals surface area contributed by atoms with E-state index in [1.54, 1.807) is 0 Å². The summed E-state index contributed by atoms with van der Waals surface area (Å²) in [6.45, 7) is 2.19. The molecular weight excluding hydrogens is 362 g/mol. The van der Waals surface area contributed by atoms with Crippen molar-refractivity contribution >= 4 is 29.0 Å². The van der Waals surface area contributed by atoms with Gasteiger partial charge in [0.15, 0.2) is 0 Å². The van der Waals surface area contributed by atoms with Gasteiger partial charge < -0.3 is 14.6 Å². The molecule has 0 aliphatic rings. The van der Waals surface area contributed by atoms with Gasteiger partial charge in [-0.15, -0.1) is 0 Å². The number of aromatic nitrogens is 2. The van der Waals surface area contributed by atoms with Crippen LogP contribution >= 0.6 is 11.6 Å². The van der Waals surface area contributed by atoms with Gasteiger partial charge in [-0.05, 0) is 43.5 Å². The normalized spacial score (nSPS) is 10.9. The third-order valence-electron chi connectivity index (χ3n) is 4.41. The van der Waals surface area contributed by atoms with Gasteiger partial charge in [0.05, 0.1) is 22.7 Å². The Balaban J connectivity index is 1.56. The number of nitrogens with one attached hydrogen (secondary N) is 1. The van der Waals surface area contributed by atoms with Crippen molar-refractivity contribution < 1.29 is 9.53 Å². The molecule has 2 aromatic carbocycles. The number of unbranched alkanes of at least 4 members (excludes halogenated alkanes) is 1. The second-order valence-corrected chi connectivity index (χ2v) is 6.74. The van der Waals surface area contributed by atoms with Crippen molar-refractivity contribution in [3.8, 4) is 5.75 Å². The Morgan fingerprint density at radius 3 is 2.74 bits per heavy atom. The summed E-state index contributed by atoms with van der Waals surface area (Å²) in [6, 6.07) is 15.7. The summed E-state index contributed by atoms with van der Waals surface area (Å²) in [5, 5.41) is 3.35. The van der Waals surface area contributed by atoms with Gasteiger partial charge in [0, 0.05) is 19.5 Å². The first-order valence-electron chi connectivity index (χ1n) is 9.28. The molecular formula is C21H24ClN3O2. The number of halogens is 1. The lowest BCUT2D eigenvalue weighted by molar-refractivity contribution is -0.109. The van der Waals surface area contributed by atoms with E-state index in [0.717, 1.165) is 61.2 Å². The van der Waals surface area contributed by atoms with Crippen molar-refractivity contribution in [3.63, 3.8) is 0 Å². The summed E-state index contributed by atoms with van der Waals surface area (Å²) in [6.07, 6.45) is 4.37. The van der Waals surface area contributed by atoms with Gasteiger partial charge >= 0.3 is 0 Å². The number of carbonyl (C=O) groups excluding carboxylic acids is 1. The second kappa shape index (κ2) is 9.97. The summed E-state index contributed by atoms with van der Waals surface area (Å²) >= 11 is 6.11. The van der Waals surface area contributed by atoms with Crippen LogP contribution in [-0.4, -0.2) is 29.1 Å². The van der Waals surface area contributed by atoms with E-state index in [4.69, 9.17) is 21.3 Å². The van der Waals surface area contributed by atoms with Gasteiger partial charge in [-0.3, -0.25) is 4.79 Å². The number of hydrogen-bond donors (Lipinski definition) is 1. The van der Waals surface area contributed by atoms with E-state index in [2.05, 4.69) is 16.0 Å². The lowest BCUT2D eigenvalue weighted by Gasteiger charge is -2.11. The molecule has 0 atom stereocenters. The Bertz CT molecular complexity index is 879. The molecule has 0 radical (unpaired) electrons. The highest BCUT2D eigenvalue weighted by Gasteiger charge is 2.10. The number of rotatable bonds is 11. The fourth-order valence-electron chi connectivity index (χ4n) is 3.09. The predicted molar refractivity (Wildman–Crippen MR) is 108 cm³/mol. The molecule has 0 fully saturated rings. The Labute approximate surface area is 164 Å². The minimum absolute atomic E-state index is 0.634. The van der Waals surface area contributed by atoms with Crippen molar-refractivity contribution in [1.29, 1.82) is 0 Å². The maximum atomic E-state index is 10.4. The number of imidazole rings is 1. The molecule has 0 saturated carbocycles. The Morgan fingerprint density at radius 2 is 1.89 bits per heavy atom. The number of nitrogens with zero attached hydrogens (tertiary/aromatic N) is 2. The number of fused-ring (bicyclic) bond motifs is 1. The molecule has 0 saturated heterocycles. The van der Waals surface area contributed by atoms with E-state index in [9.17, 15) is 4.79 Å². The number of para-hydroxylation sites is 3. The topological polar surface area (TPSA) is 56.2 Å². The van der Waals surface area contributed by atoms with E-state index in [1.165, 1.54) is 0 Å². The van der Waals surface area contributed by atoms with Crippen LogP contribution in [0.3, 0.4) is 0 Å². The molecule has 0 aliphatic heterocycles. The van der Waals surface area contributed by atoms with Crippen LogP contribution in [-0.2, 0) is 17.8 Å². The zero-order valence-corrected chi connectivity index (χ0v) is 16.0. The summed E-state index contributed by atoms with van der Waals surface area (Å²) in [4.78, 5) is 15.2. The van der Waals surface area contributed by atoms with Crippen LogP contribution in [0.2, 0.25) is 5.02 Å². The van der Waals surface area contributed by atoms with Crippen LogP contribution in [0.25, 0.3) is 11.0 Å². The molecule has 1 aromatic heterocycles. The van der Waals surface area contributed by atoms with Crippen LogP contribution in [0.4, 0.5) is 0 Å². The van der Waals surface area contributed by atoms with Crippen molar-refractivity contribution in [2.45, 2.75) is 32.2 Å². The molecule has 3 aromatic rings. The first kappa shape index (κ1) is 19.2. The summed E-state index contributed by atoms with van der Waals surface area (Å²) in [5.74, 6) is 1.80. The van der Waals surface area contributed by atoms with Crippen molar-refractivity contribution in [3.05, 3.63) is 59.4 Å². The van der Waals surface area contributed by atoms with Crippen molar-refractivity contribution in [2.75, 3.05) is 13.2 Å². The molecule has 5 nitrogen and oxygen atoms in total. The lowest BCUT2D eigenvalue weighted by Crippen LogP contribution is -2.14. The van der Waals surface area contributed by atoms with Crippen LogP contribution in [0, 0.1) is 0 Å². The fourth-order valence-corrected chi connectivity index (χ4v) is 3.28. The van der Waals surface area contributed by atoms with Gasteiger partial charge in [0.25, 0.3) is 0 Å². The molecule has 1 N–H and O–H groups in total. The largest absolute Gasteiger partial charge is 0.492 e. The summed E-state index contributed by atoms with van der Waals surface area (Å²) < 4.78 is 8.05. The molecule has 1 amide bonds. The van der Waals surface area contributed by atoms with E-state index in [0.29, 0.717) is 18.2 Å².